The normalized spacial score (nSPS) is 16.2. The molecule has 0 N–H and O–H groups in total. The van der Waals surface area contributed by atoms with Crippen LogP contribution in [0.4, 0.5) is 0 Å². The molecule has 4 rings (SSSR count). The minimum absolute atomic E-state index is 0.569. The molecule has 0 radical (unpaired) electrons. The fraction of sp³-hybridized carbons (Fsp3) is 0.412. The summed E-state index contributed by atoms with van der Waals surface area (Å²) in [5.74, 6) is 1.73. The number of rotatable bonds is 3. The molecule has 0 spiro atoms. The van der Waals surface area contributed by atoms with Crippen molar-refractivity contribution in [3.05, 3.63) is 36.3 Å². The van der Waals surface area contributed by atoms with Crippen molar-refractivity contribution >= 4 is 33.5 Å². The van der Waals surface area contributed by atoms with Gasteiger partial charge >= 0.3 is 0 Å². The Hall–Kier alpha value is -1.61. The molecule has 3 aromatic rings. The van der Waals surface area contributed by atoms with Crippen LogP contribution in [0.1, 0.15) is 37.5 Å². The van der Waals surface area contributed by atoms with Gasteiger partial charge in [-0.3, -0.25) is 4.98 Å². The van der Waals surface area contributed by atoms with Crippen LogP contribution in [0.5, 0.6) is 0 Å². The van der Waals surface area contributed by atoms with Crippen molar-refractivity contribution in [1.82, 2.24) is 14.5 Å². The van der Waals surface area contributed by atoms with Crippen LogP contribution < -0.4 is 0 Å². The molecule has 0 saturated heterocycles. The lowest BCUT2D eigenvalue weighted by atomic mass is 10.1. The predicted molar refractivity (Wildman–Crippen MR) is 87.0 cm³/mol. The van der Waals surface area contributed by atoms with E-state index in [2.05, 4.69) is 27.8 Å². The zero-order valence-electron chi connectivity index (χ0n) is 11.9. The fourth-order valence-corrected chi connectivity index (χ4v) is 3.76. The zero-order chi connectivity index (χ0) is 14.2. The van der Waals surface area contributed by atoms with Crippen molar-refractivity contribution in [1.29, 1.82) is 0 Å². The molecule has 1 aliphatic rings. The van der Waals surface area contributed by atoms with Gasteiger partial charge in [0.15, 0.2) is 0 Å². The summed E-state index contributed by atoms with van der Waals surface area (Å²) in [6.07, 6.45) is 7.85. The van der Waals surface area contributed by atoms with E-state index >= 15 is 0 Å². The van der Waals surface area contributed by atoms with Gasteiger partial charge in [0.05, 0.1) is 17.2 Å². The van der Waals surface area contributed by atoms with Crippen molar-refractivity contribution in [3.8, 4) is 0 Å². The summed E-state index contributed by atoms with van der Waals surface area (Å²) in [6.45, 7) is 0. The number of aryl methyl sites for hydroxylation is 1. The fourth-order valence-electron chi connectivity index (χ4n) is 3.59. The Morgan fingerprint density at radius 3 is 2.76 bits per heavy atom. The van der Waals surface area contributed by atoms with E-state index in [4.69, 9.17) is 16.6 Å². The number of alkyl halides is 1. The van der Waals surface area contributed by atoms with Crippen LogP contribution in [0.15, 0.2) is 30.5 Å². The van der Waals surface area contributed by atoms with Gasteiger partial charge in [0.2, 0.25) is 0 Å². The first kappa shape index (κ1) is 13.1. The van der Waals surface area contributed by atoms with Gasteiger partial charge < -0.3 is 4.57 Å². The summed E-state index contributed by atoms with van der Waals surface area (Å²) in [4.78, 5) is 9.35. The lowest BCUT2D eigenvalue weighted by Gasteiger charge is -2.16. The van der Waals surface area contributed by atoms with Crippen LogP contribution in [0.3, 0.4) is 0 Å². The Morgan fingerprint density at radius 2 is 1.95 bits per heavy atom. The van der Waals surface area contributed by atoms with Crippen LogP contribution >= 0.6 is 11.6 Å². The summed E-state index contributed by atoms with van der Waals surface area (Å²) in [5, 5.41) is 1.20. The largest absolute Gasteiger partial charge is 0.324 e. The molecule has 1 fully saturated rings. The van der Waals surface area contributed by atoms with Crippen LogP contribution in [0.25, 0.3) is 21.9 Å². The highest BCUT2D eigenvalue weighted by atomic mass is 35.5. The molecule has 0 bridgehead atoms. The molecular formula is C17H18ClN3. The summed E-state index contributed by atoms with van der Waals surface area (Å²) in [7, 11) is 0. The van der Waals surface area contributed by atoms with Crippen molar-refractivity contribution in [2.45, 2.75) is 38.1 Å². The first-order chi connectivity index (χ1) is 10.4. The topological polar surface area (TPSA) is 30.7 Å². The molecule has 108 valence electrons. The molecule has 4 heteroatoms. The molecule has 1 saturated carbocycles. The lowest BCUT2D eigenvalue weighted by molar-refractivity contribution is 0.514. The van der Waals surface area contributed by atoms with Crippen molar-refractivity contribution in [2.24, 2.45) is 0 Å². The predicted octanol–water partition coefficient (Wildman–Crippen LogP) is 4.48. The number of aromatic nitrogens is 3. The number of para-hydroxylation sites is 1. The second-order valence-corrected chi connectivity index (χ2v) is 6.16. The number of benzene rings is 1. The number of nitrogens with zero attached hydrogens (tertiary/aromatic N) is 3. The lowest BCUT2D eigenvalue weighted by Crippen LogP contribution is -2.10. The Morgan fingerprint density at radius 1 is 1.14 bits per heavy atom. The third-order valence-corrected chi connectivity index (χ3v) is 4.69. The van der Waals surface area contributed by atoms with Crippen LogP contribution in [0, 0.1) is 0 Å². The second kappa shape index (κ2) is 5.30. The quantitative estimate of drug-likeness (QED) is 0.668. The second-order valence-electron chi connectivity index (χ2n) is 5.78. The Bertz CT molecular complexity index is 787. The average Bonchev–Trinajstić information content (AvgIpc) is 3.14. The molecule has 1 aliphatic carbocycles. The molecule has 0 aliphatic heterocycles. The number of halogens is 1. The number of hydrogen-bond acceptors (Lipinski definition) is 2. The van der Waals surface area contributed by atoms with Crippen LogP contribution in [0.2, 0.25) is 0 Å². The van der Waals surface area contributed by atoms with Gasteiger partial charge in [-0.2, -0.15) is 0 Å². The maximum atomic E-state index is 5.99. The third kappa shape index (κ3) is 2.11. The SMILES string of the molecule is ClCCc1nc2cnc3ccccc3c2n1C1CCCC1. The van der Waals surface area contributed by atoms with Crippen LogP contribution in [-0.4, -0.2) is 20.4 Å². The van der Waals surface area contributed by atoms with E-state index in [0.29, 0.717) is 11.9 Å². The maximum Gasteiger partial charge on any atom is 0.111 e. The van der Waals surface area contributed by atoms with Crippen molar-refractivity contribution in [2.75, 3.05) is 5.88 Å². The van der Waals surface area contributed by atoms with Crippen molar-refractivity contribution < 1.29 is 0 Å². The Kier molecular flexibility index (Phi) is 3.30. The smallest absolute Gasteiger partial charge is 0.111 e. The number of fused-ring (bicyclic) bond motifs is 3. The van der Waals surface area contributed by atoms with Gasteiger partial charge in [-0.05, 0) is 18.9 Å². The molecule has 2 heterocycles. The molecule has 1 aromatic carbocycles. The Balaban J connectivity index is 2.04. The van der Waals surface area contributed by atoms with E-state index in [1.165, 1.54) is 36.6 Å². The van der Waals surface area contributed by atoms with Gasteiger partial charge in [-0.1, -0.05) is 31.0 Å². The molecule has 21 heavy (non-hydrogen) atoms. The molecule has 3 nitrogen and oxygen atoms in total. The summed E-state index contributed by atoms with van der Waals surface area (Å²) in [5.41, 5.74) is 3.29. The van der Waals surface area contributed by atoms with Crippen LogP contribution in [-0.2, 0) is 6.42 Å². The van der Waals surface area contributed by atoms with Gasteiger partial charge in [0.1, 0.15) is 11.3 Å². The molecular weight excluding hydrogens is 282 g/mol. The monoisotopic (exact) mass is 299 g/mol. The van der Waals surface area contributed by atoms with E-state index in [9.17, 15) is 0 Å². The summed E-state index contributed by atoms with van der Waals surface area (Å²) < 4.78 is 2.45. The van der Waals surface area contributed by atoms with Gasteiger partial charge in [-0.15, -0.1) is 11.6 Å². The van der Waals surface area contributed by atoms with E-state index in [0.717, 1.165) is 23.3 Å². The summed E-state index contributed by atoms with van der Waals surface area (Å²) in [6, 6.07) is 8.91. The first-order valence-electron chi connectivity index (χ1n) is 7.69. The van der Waals surface area contributed by atoms with Gasteiger partial charge in [-0.25, -0.2) is 4.98 Å². The first-order valence-corrected chi connectivity index (χ1v) is 8.22. The summed E-state index contributed by atoms with van der Waals surface area (Å²) >= 11 is 5.99. The number of pyridine rings is 1. The highest BCUT2D eigenvalue weighted by Crippen LogP contribution is 2.35. The highest BCUT2D eigenvalue weighted by Gasteiger charge is 2.23. The van der Waals surface area contributed by atoms with Crippen molar-refractivity contribution in [3.63, 3.8) is 0 Å². The van der Waals surface area contributed by atoms with Gasteiger partial charge in [0.25, 0.3) is 0 Å². The van der Waals surface area contributed by atoms with E-state index < -0.39 is 0 Å². The molecule has 0 atom stereocenters. The standard InChI is InChI=1S/C17H18ClN3/c18-10-9-16-20-15-11-19-14-8-4-3-7-13(14)17(15)21(16)12-5-1-2-6-12/h3-4,7-8,11-12H,1-2,5-6,9-10H2. The molecule has 0 unspecified atom stereocenters. The molecule has 0 amide bonds. The van der Waals surface area contributed by atoms with E-state index in [1.54, 1.807) is 0 Å². The minimum atomic E-state index is 0.569. The van der Waals surface area contributed by atoms with Gasteiger partial charge in [0, 0.05) is 23.7 Å². The van der Waals surface area contributed by atoms with E-state index in [-0.39, 0.29) is 0 Å². The highest BCUT2D eigenvalue weighted by molar-refractivity contribution is 6.18. The maximum absolute atomic E-state index is 5.99. The number of imidazole rings is 1. The average molecular weight is 300 g/mol. The third-order valence-electron chi connectivity index (χ3n) is 4.50. The number of hydrogen-bond donors (Lipinski definition) is 0. The molecule has 2 aromatic heterocycles. The zero-order valence-corrected chi connectivity index (χ0v) is 12.7. The van der Waals surface area contributed by atoms with E-state index in [1.807, 2.05) is 12.3 Å². The Labute approximate surface area is 129 Å². The minimum Gasteiger partial charge on any atom is -0.324 e.